The zero-order chi connectivity index (χ0) is 9.73. The van der Waals surface area contributed by atoms with Crippen molar-refractivity contribution < 1.29 is 4.74 Å². The van der Waals surface area contributed by atoms with Crippen molar-refractivity contribution in [2.45, 2.75) is 38.2 Å². The first-order chi connectivity index (χ1) is 6.20. The molecule has 0 saturated heterocycles. The first kappa shape index (κ1) is 12.1. The average Bonchev–Trinajstić information content (AvgIpc) is 2.67. The number of rotatable bonds is 5. The maximum Gasteiger partial charge on any atom is 0.0878 e. The third-order valence-corrected chi connectivity index (χ3v) is 4.89. The summed E-state index contributed by atoms with van der Waals surface area (Å²) in [5.74, 6) is 1.40. The SMILES string of the molecule is CC(CCl)(CI)OCC1CCCC1. The average molecular weight is 317 g/mol. The highest BCUT2D eigenvalue weighted by Gasteiger charge is 2.25. The predicted octanol–water partition coefficient (Wildman–Crippen LogP) is 3.63. The Hall–Kier alpha value is 0.980. The summed E-state index contributed by atoms with van der Waals surface area (Å²) >= 11 is 8.21. The standard InChI is InChI=1S/C10H18ClIO/c1-10(7-11,8-12)13-6-9-4-2-3-5-9/h9H,2-8H2,1H3. The summed E-state index contributed by atoms with van der Waals surface area (Å²) in [6, 6.07) is 0. The lowest BCUT2D eigenvalue weighted by Gasteiger charge is -2.26. The second kappa shape index (κ2) is 5.76. The Labute approximate surface area is 99.7 Å². The summed E-state index contributed by atoms with van der Waals surface area (Å²) in [4.78, 5) is 0. The Kier molecular flexibility index (Phi) is 5.34. The van der Waals surface area contributed by atoms with Gasteiger partial charge in [0.2, 0.25) is 0 Å². The molecule has 78 valence electrons. The maximum absolute atomic E-state index is 5.87. The summed E-state index contributed by atoms with van der Waals surface area (Å²) in [5.41, 5.74) is -0.106. The minimum absolute atomic E-state index is 0.106. The van der Waals surface area contributed by atoms with Gasteiger partial charge in [0.1, 0.15) is 0 Å². The minimum Gasteiger partial charge on any atom is -0.373 e. The number of hydrogen-bond acceptors (Lipinski definition) is 1. The Morgan fingerprint density at radius 2 is 2.08 bits per heavy atom. The first-order valence-corrected chi connectivity index (χ1v) is 7.02. The molecular weight excluding hydrogens is 298 g/mol. The summed E-state index contributed by atoms with van der Waals surface area (Å²) in [7, 11) is 0. The van der Waals surface area contributed by atoms with Crippen LogP contribution in [0.1, 0.15) is 32.6 Å². The van der Waals surface area contributed by atoms with Gasteiger partial charge in [-0.1, -0.05) is 35.4 Å². The third kappa shape index (κ3) is 3.92. The zero-order valence-electron chi connectivity index (χ0n) is 8.19. The van der Waals surface area contributed by atoms with Crippen LogP contribution in [0.15, 0.2) is 0 Å². The number of hydrogen-bond donors (Lipinski definition) is 0. The van der Waals surface area contributed by atoms with Gasteiger partial charge in [-0.3, -0.25) is 0 Å². The van der Waals surface area contributed by atoms with Gasteiger partial charge in [0.05, 0.1) is 18.1 Å². The minimum atomic E-state index is -0.106. The molecule has 0 N–H and O–H groups in total. The van der Waals surface area contributed by atoms with Crippen molar-refractivity contribution >= 4 is 34.2 Å². The van der Waals surface area contributed by atoms with Crippen molar-refractivity contribution in [2.24, 2.45) is 5.92 Å². The lowest BCUT2D eigenvalue weighted by molar-refractivity contribution is -0.0131. The smallest absolute Gasteiger partial charge is 0.0878 e. The molecule has 1 atom stereocenters. The van der Waals surface area contributed by atoms with Gasteiger partial charge in [0.15, 0.2) is 0 Å². The van der Waals surface area contributed by atoms with Gasteiger partial charge < -0.3 is 4.74 Å². The molecule has 0 bridgehead atoms. The summed E-state index contributed by atoms with van der Waals surface area (Å²) in [6.07, 6.45) is 5.46. The summed E-state index contributed by atoms with van der Waals surface area (Å²) in [6.45, 7) is 3.01. The quantitative estimate of drug-likeness (QED) is 0.556. The van der Waals surface area contributed by atoms with Crippen molar-refractivity contribution in [1.29, 1.82) is 0 Å². The van der Waals surface area contributed by atoms with E-state index in [1.54, 1.807) is 0 Å². The van der Waals surface area contributed by atoms with E-state index in [-0.39, 0.29) is 5.60 Å². The van der Waals surface area contributed by atoms with Crippen molar-refractivity contribution in [3.63, 3.8) is 0 Å². The van der Waals surface area contributed by atoms with E-state index in [4.69, 9.17) is 16.3 Å². The predicted molar refractivity (Wildman–Crippen MR) is 65.9 cm³/mol. The van der Waals surface area contributed by atoms with Gasteiger partial charge in [-0.2, -0.15) is 0 Å². The van der Waals surface area contributed by atoms with Gasteiger partial charge in [0.25, 0.3) is 0 Å². The van der Waals surface area contributed by atoms with Gasteiger partial charge in [0, 0.05) is 4.43 Å². The second-order valence-electron chi connectivity index (χ2n) is 4.18. The number of halogens is 2. The second-order valence-corrected chi connectivity index (χ2v) is 5.21. The molecule has 1 saturated carbocycles. The molecular formula is C10H18ClIO. The van der Waals surface area contributed by atoms with Crippen LogP contribution in [-0.2, 0) is 4.74 Å². The van der Waals surface area contributed by atoms with Crippen molar-refractivity contribution in [3.8, 4) is 0 Å². The van der Waals surface area contributed by atoms with Crippen LogP contribution in [0.4, 0.5) is 0 Å². The molecule has 1 unspecified atom stereocenters. The molecule has 0 aliphatic heterocycles. The highest BCUT2D eigenvalue weighted by Crippen LogP contribution is 2.27. The zero-order valence-corrected chi connectivity index (χ0v) is 11.1. The molecule has 0 amide bonds. The maximum atomic E-state index is 5.87. The van der Waals surface area contributed by atoms with E-state index < -0.39 is 0 Å². The molecule has 0 spiro atoms. The Bertz CT molecular complexity index is 142. The van der Waals surface area contributed by atoms with Crippen LogP contribution in [0.25, 0.3) is 0 Å². The highest BCUT2D eigenvalue weighted by atomic mass is 127. The molecule has 0 aromatic heterocycles. The molecule has 0 radical (unpaired) electrons. The van der Waals surface area contributed by atoms with Crippen LogP contribution in [-0.4, -0.2) is 22.5 Å². The van der Waals surface area contributed by atoms with E-state index in [0.717, 1.165) is 17.0 Å². The topological polar surface area (TPSA) is 9.23 Å². The fourth-order valence-electron chi connectivity index (χ4n) is 1.61. The van der Waals surface area contributed by atoms with Crippen LogP contribution in [0.3, 0.4) is 0 Å². The Morgan fingerprint density at radius 3 is 2.54 bits per heavy atom. The van der Waals surface area contributed by atoms with Gasteiger partial charge in [-0.15, -0.1) is 11.6 Å². The van der Waals surface area contributed by atoms with E-state index in [9.17, 15) is 0 Å². The van der Waals surface area contributed by atoms with Crippen LogP contribution >= 0.6 is 34.2 Å². The van der Waals surface area contributed by atoms with Crippen LogP contribution < -0.4 is 0 Å². The van der Waals surface area contributed by atoms with E-state index in [1.165, 1.54) is 25.7 Å². The fourth-order valence-corrected chi connectivity index (χ4v) is 2.59. The van der Waals surface area contributed by atoms with Crippen molar-refractivity contribution in [2.75, 3.05) is 16.9 Å². The van der Waals surface area contributed by atoms with Crippen LogP contribution in [0, 0.1) is 5.92 Å². The number of alkyl halides is 2. The summed E-state index contributed by atoms with van der Waals surface area (Å²) in [5, 5.41) is 0. The Balaban J connectivity index is 2.22. The molecule has 1 nitrogen and oxygen atoms in total. The van der Waals surface area contributed by atoms with Crippen LogP contribution in [0.2, 0.25) is 0 Å². The lowest BCUT2D eigenvalue weighted by atomic mass is 10.1. The molecule has 0 aromatic rings. The molecule has 1 aliphatic rings. The van der Waals surface area contributed by atoms with Gasteiger partial charge in [-0.05, 0) is 25.7 Å². The largest absolute Gasteiger partial charge is 0.373 e. The third-order valence-electron chi connectivity index (χ3n) is 2.71. The lowest BCUT2D eigenvalue weighted by Crippen LogP contribution is -2.34. The van der Waals surface area contributed by atoms with E-state index in [2.05, 4.69) is 29.5 Å². The molecule has 0 heterocycles. The van der Waals surface area contributed by atoms with Crippen molar-refractivity contribution in [1.82, 2.24) is 0 Å². The van der Waals surface area contributed by atoms with Gasteiger partial charge >= 0.3 is 0 Å². The summed E-state index contributed by atoms with van der Waals surface area (Å²) < 4.78 is 6.85. The van der Waals surface area contributed by atoms with Crippen LogP contribution in [0.5, 0.6) is 0 Å². The number of ether oxygens (including phenoxy) is 1. The molecule has 1 fully saturated rings. The normalized spacial score (nSPS) is 23.3. The molecule has 1 rings (SSSR count). The Morgan fingerprint density at radius 1 is 1.46 bits per heavy atom. The van der Waals surface area contributed by atoms with E-state index in [0.29, 0.717) is 5.88 Å². The van der Waals surface area contributed by atoms with E-state index >= 15 is 0 Å². The van der Waals surface area contributed by atoms with E-state index in [1.807, 2.05) is 0 Å². The van der Waals surface area contributed by atoms with Gasteiger partial charge in [-0.25, -0.2) is 0 Å². The molecule has 3 heteroatoms. The highest BCUT2D eigenvalue weighted by molar-refractivity contribution is 14.1. The first-order valence-electron chi connectivity index (χ1n) is 4.96. The fraction of sp³-hybridized carbons (Fsp3) is 1.00. The molecule has 0 aromatic carbocycles. The van der Waals surface area contributed by atoms with Crippen molar-refractivity contribution in [3.05, 3.63) is 0 Å². The molecule has 1 aliphatic carbocycles. The molecule has 13 heavy (non-hydrogen) atoms. The monoisotopic (exact) mass is 316 g/mol.